The third kappa shape index (κ3) is 3.95. The predicted molar refractivity (Wildman–Crippen MR) is 82.5 cm³/mol. The van der Waals surface area contributed by atoms with E-state index in [1.807, 2.05) is 13.8 Å². The first-order valence-electron chi connectivity index (χ1n) is 6.81. The molecule has 1 aliphatic rings. The fourth-order valence-electron chi connectivity index (χ4n) is 2.40. The highest BCUT2D eigenvalue weighted by Gasteiger charge is 2.39. The van der Waals surface area contributed by atoms with Gasteiger partial charge in [0, 0.05) is 11.3 Å². The number of carbonyl (C=O) groups excluding carboxylic acids is 1. The quantitative estimate of drug-likeness (QED) is 0.862. The standard InChI is InChI=1S/C14H19ClN2O3S/c1-9(2)11-6-10(7-12(15)16-11)13(18)17-14(3)4-5-21(19,20)8-14/h6-7,9H,4-5,8H2,1-3H3,(H,17,18). The van der Waals surface area contributed by atoms with E-state index in [1.54, 1.807) is 13.0 Å². The van der Waals surface area contributed by atoms with Gasteiger partial charge >= 0.3 is 0 Å². The second-order valence-corrected chi connectivity index (χ2v) is 8.69. The van der Waals surface area contributed by atoms with Gasteiger partial charge in [-0.3, -0.25) is 4.79 Å². The minimum atomic E-state index is -3.06. The lowest BCUT2D eigenvalue weighted by molar-refractivity contribution is 0.0915. The maximum Gasteiger partial charge on any atom is 0.251 e. The Balaban J connectivity index is 2.21. The molecule has 0 spiro atoms. The maximum absolute atomic E-state index is 12.4. The van der Waals surface area contributed by atoms with Gasteiger partial charge in [0.05, 0.1) is 17.0 Å². The summed E-state index contributed by atoms with van der Waals surface area (Å²) in [5.74, 6) is -0.0850. The summed E-state index contributed by atoms with van der Waals surface area (Å²) in [5.41, 5.74) is 0.421. The molecule has 1 fully saturated rings. The van der Waals surface area contributed by atoms with Gasteiger partial charge in [0.1, 0.15) is 5.15 Å². The molecular formula is C14H19ClN2O3S. The Kier molecular flexibility index (Phi) is 4.31. The van der Waals surface area contributed by atoms with Crippen molar-refractivity contribution in [3.63, 3.8) is 0 Å². The SMILES string of the molecule is CC(C)c1cc(C(=O)NC2(C)CCS(=O)(=O)C2)cc(Cl)n1. The van der Waals surface area contributed by atoms with E-state index >= 15 is 0 Å². The average Bonchev–Trinajstić information content (AvgIpc) is 2.62. The number of rotatable bonds is 3. The van der Waals surface area contributed by atoms with E-state index in [1.165, 1.54) is 6.07 Å². The fraction of sp³-hybridized carbons (Fsp3) is 0.571. The summed E-state index contributed by atoms with van der Waals surface area (Å²) in [6.45, 7) is 5.68. The first kappa shape index (κ1) is 16.2. The van der Waals surface area contributed by atoms with Gasteiger partial charge in [-0.05, 0) is 31.4 Å². The van der Waals surface area contributed by atoms with Crippen LogP contribution in [0, 0.1) is 0 Å². The van der Waals surface area contributed by atoms with Gasteiger partial charge in [0.2, 0.25) is 0 Å². The van der Waals surface area contributed by atoms with Crippen LogP contribution in [0.3, 0.4) is 0 Å². The molecule has 1 saturated heterocycles. The van der Waals surface area contributed by atoms with Crippen molar-refractivity contribution in [2.75, 3.05) is 11.5 Å². The number of amides is 1. The summed E-state index contributed by atoms with van der Waals surface area (Å²) < 4.78 is 23.2. The normalized spacial score (nSPS) is 24.2. The van der Waals surface area contributed by atoms with Crippen molar-refractivity contribution >= 4 is 27.3 Å². The lowest BCUT2D eigenvalue weighted by atomic mass is 10.0. The van der Waals surface area contributed by atoms with E-state index in [0.717, 1.165) is 5.69 Å². The first-order valence-corrected chi connectivity index (χ1v) is 9.01. The van der Waals surface area contributed by atoms with Crippen LogP contribution < -0.4 is 5.32 Å². The molecule has 0 bridgehead atoms. The zero-order chi connectivity index (χ0) is 15.8. The lowest BCUT2D eigenvalue weighted by Crippen LogP contribution is -2.47. The average molecular weight is 331 g/mol. The molecule has 0 saturated carbocycles. The second-order valence-electron chi connectivity index (χ2n) is 6.11. The largest absolute Gasteiger partial charge is 0.346 e. The van der Waals surface area contributed by atoms with Crippen molar-refractivity contribution in [1.82, 2.24) is 10.3 Å². The number of sulfone groups is 1. The molecule has 1 unspecified atom stereocenters. The Labute approximate surface area is 130 Å². The molecule has 2 heterocycles. The summed E-state index contributed by atoms with van der Waals surface area (Å²) >= 11 is 5.95. The maximum atomic E-state index is 12.4. The molecule has 2 rings (SSSR count). The van der Waals surface area contributed by atoms with Gasteiger partial charge in [0.25, 0.3) is 5.91 Å². The molecule has 1 atom stereocenters. The number of pyridine rings is 1. The molecule has 7 heteroatoms. The minimum Gasteiger partial charge on any atom is -0.346 e. The van der Waals surface area contributed by atoms with Crippen LogP contribution in [0.15, 0.2) is 12.1 Å². The molecule has 1 aromatic heterocycles. The Bertz CT molecular complexity index is 673. The van der Waals surface area contributed by atoms with E-state index in [4.69, 9.17) is 11.6 Å². The fourth-order valence-corrected chi connectivity index (χ4v) is 4.71. The third-order valence-electron chi connectivity index (χ3n) is 3.59. The van der Waals surface area contributed by atoms with Crippen LogP contribution in [0.2, 0.25) is 5.15 Å². The Morgan fingerprint density at radius 2 is 2.10 bits per heavy atom. The van der Waals surface area contributed by atoms with Crippen molar-refractivity contribution in [2.45, 2.75) is 38.6 Å². The zero-order valence-electron chi connectivity index (χ0n) is 12.3. The van der Waals surface area contributed by atoms with E-state index in [-0.39, 0.29) is 28.5 Å². The molecule has 1 aromatic rings. The number of hydrogen-bond donors (Lipinski definition) is 1. The monoisotopic (exact) mass is 330 g/mol. The van der Waals surface area contributed by atoms with Crippen molar-refractivity contribution in [2.24, 2.45) is 0 Å². The third-order valence-corrected chi connectivity index (χ3v) is 5.68. The topological polar surface area (TPSA) is 76.1 Å². The smallest absolute Gasteiger partial charge is 0.251 e. The van der Waals surface area contributed by atoms with E-state index in [9.17, 15) is 13.2 Å². The van der Waals surface area contributed by atoms with Gasteiger partial charge in [0.15, 0.2) is 9.84 Å². The van der Waals surface area contributed by atoms with Crippen LogP contribution in [0.5, 0.6) is 0 Å². The number of carbonyl (C=O) groups is 1. The van der Waals surface area contributed by atoms with Crippen molar-refractivity contribution in [3.05, 3.63) is 28.5 Å². The predicted octanol–water partition coefficient (Wildman–Crippen LogP) is 2.17. The van der Waals surface area contributed by atoms with Crippen molar-refractivity contribution in [3.8, 4) is 0 Å². The summed E-state index contributed by atoms with van der Waals surface area (Å²) in [6.07, 6.45) is 0.428. The van der Waals surface area contributed by atoms with Gasteiger partial charge < -0.3 is 5.32 Å². The molecule has 1 amide bonds. The molecule has 0 aromatic carbocycles. The number of aromatic nitrogens is 1. The molecule has 1 aliphatic heterocycles. The molecule has 5 nitrogen and oxygen atoms in total. The lowest BCUT2D eigenvalue weighted by Gasteiger charge is -2.24. The van der Waals surface area contributed by atoms with Crippen LogP contribution >= 0.6 is 11.6 Å². The molecule has 21 heavy (non-hydrogen) atoms. The summed E-state index contributed by atoms with van der Waals surface area (Å²) in [7, 11) is -3.06. The molecule has 0 radical (unpaired) electrons. The van der Waals surface area contributed by atoms with Crippen LogP contribution in [-0.2, 0) is 9.84 Å². The van der Waals surface area contributed by atoms with Gasteiger partial charge in [-0.15, -0.1) is 0 Å². The Morgan fingerprint density at radius 1 is 1.43 bits per heavy atom. The van der Waals surface area contributed by atoms with Crippen LogP contribution in [0.25, 0.3) is 0 Å². The minimum absolute atomic E-state index is 0.0262. The van der Waals surface area contributed by atoms with E-state index in [2.05, 4.69) is 10.3 Å². The summed E-state index contributed by atoms with van der Waals surface area (Å²) in [6, 6.07) is 3.19. The van der Waals surface area contributed by atoms with Crippen LogP contribution in [0.4, 0.5) is 0 Å². The van der Waals surface area contributed by atoms with E-state index in [0.29, 0.717) is 12.0 Å². The van der Waals surface area contributed by atoms with Gasteiger partial charge in [-0.1, -0.05) is 25.4 Å². The van der Waals surface area contributed by atoms with Gasteiger partial charge in [-0.2, -0.15) is 0 Å². The molecule has 116 valence electrons. The van der Waals surface area contributed by atoms with Crippen LogP contribution in [0.1, 0.15) is 49.2 Å². The Morgan fingerprint density at radius 3 is 2.62 bits per heavy atom. The number of halogens is 1. The second kappa shape index (κ2) is 5.57. The number of nitrogens with one attached hydrogen (secondary N) is 1. The van der Waals surface area contributed by atoms with Crippen molar-refractivity contribution in [1.29, 1.82) is 0 Å². The zero-order valence-corrected chi connectivity index (χ0v) is 13.9. The van der Waals surface area contributed by atoms with Crippen molar-refractivity contribution < 1.29 is 13.2 Å². The van der Waals surface area contributed by atoms with Gasteiger partial charge in [-0.25, -0.2) is 13.4 Å². The van der Waals surface area contributed by atoms with E-state index < -0.39 is 15.4 Å². The highest BCUT2D eigenvalue weighted by molar-refractivity contribution is 7.91. The molecular weight excluding hydrogens is 312 g/mol. The number of nitrogens with zero attached hydrogens (tertiary/aromatic N) is 1. The number of hydrogen-bond acceptors (Lipinski definition) is 4. The molecule has 1 N–H and O–H groups in total. The summed E-state index contributed by atoms with van der Waals surface area (Å²) in [4.78, 5) is 16.5. The highest BCUT2D eigenvalue weighted by atomic mass is 35.5. The Hall–Kier alpha value is -1.14. The summed E-state index contributed by atoms with van der Waals surface area (Å²) in [5, 5.41) is 3.08. The first-order chi connectivity index (χ1) is 9.60. The highest BCUT2D eigenvalue weighted by Crippen LogP contribution is 2.24. The van der Waals surface area contributed by atoms with Crippen LogP contribution in [-0.4, -0.2) is 36.4 Å². The molecule has 0 aliphatic carbocycles.